The minimum absolute atomic E-state index is 0.000701. The van der Waals surface area contributed by atoms with E-state index in [1.54, 1.807) is 26.0 Å². The first-order valence-corrected chi connectivity index (χ1v) is 17.6. The van der Waals surface area contributed by atoms with E-state index in [4.69, 9.17) is 16.6 Å². The molecule has 0 aromatic carbocycles. The van der Waals surface area contributed by atoms with E-state index in [1.807, 2.05) is 5.67 Å². The molecular formula is C31H31ClF3N7O4SSi. The molecule has 252 valence electrons. The number of aromatic nitrogens is 5. The zero-order valence-corrected chi connectivity index (χ0v) is 28.6. The van der Waals surface area contributed by atoms with Crippen molar-refractivity contribution in [3.8, 4) is 0 Å². The molecule has 1 saturated heterocycles. The van der Waals surface area contributed by atoms with Gasteiger partial charge in [0.25, 0.3) is 0 Å². The Bertz CT molecular complexity index is 2040. The quantitative estimate of drug-likeness (QED) is 0.257. The number of anilines is 1. The molecule has 2 radical (unpaired) electrons. The molecule has 4 aromatic heterocycles. The molecule has 0 spiro atoms. The number of halogens is 4. The number of hydrogen-bond acceptors (Lipinski definition) is 8. The monoisotopic (exact) mass is 717 g/mol. The molecule has 1 fully saturated rings. The van der Waals surface area contributed by atoms with E-state index in [2.05, 4.69) is 29.9 Å². The Morgan fingerprint density at radius 1 is 1.21 bits per heavy atom. The maximum absolute atomic E-state index is 14.4. The number of pyridine rings is 3. The summed E-state index contributed by atoms with van der Waals surface area (Å²) >= 11 is 6.29. The molecule has 2 atom stereocenters. The standard InChI is InChI=1S/C31H31ClF3N7O4SSi/c1-18-5-6-23(22(14-26(43)44)21-7-11-41-27(19(21)2)38-39-29(41)31(33,34)35)37-24(18)16-40-17-30(9-12-48)8-3-4-10-42(30)28-25(47(40,45)46)13-20(32)15-36-28/h5-7,11-13,15,22H,3-4,8-10,14,16-17H2,1-2H3,(H,43,44)/t22-,30+/m0/s1. The van der Waals surface area contributed by atoms with Gasteiger partial charge in [0.05, 0.1) is 29.2 Å². The van der Waals surface area contributed by atoms with Gasteiger partial charge in [-0.15, -0.1) is 15.9 Å². The van der Waals surface area contributed by atoms with Gasteiger partial charge in [-0.25, -0.2) is 13.4 Å². The van der Waals surface area contributed by atoms with Crippen LogP contribution in [-0.4, -0.2) is 82.5 Å². The highest BCUT2D eigenvalue weighted by molar-refractivity contribution is 7.89. The highest BCUT2D eigenvalue weighted by Crippen LogP contribution is 2.43. The Balaban J connectivity index is 1.44. The van der Waals surface area contributed by atoms with Crippen molar-refractivity contribution in [1.82, 2.24) is 28.9 Å². The second kappa shape index (κ2) is 12.6. The zero-order chi connectivity index (χ0) is 34.6. The molecule has 4 aromatic rings. The number of rotatable bonds is 8. The van der Waals surface area contributed by atoms with Crippen molar-refractivity contribution in [3.63, 3.8) is 0 Å². The minimum Gasteiger partial charge on any atom is -0.481 e. The van der Waals surface area contributed by atoms with Gasteiger partial charge in [0.1, 0.15) is 10.7 Å². The number of alkyl halides is 3. The molecule has 0 bridgehead atoms. The smallest absolute Gasteiger partial charge is 0.452 e. The topological polar surface area (TPSA) is 134 Å². The maximum Gasteiger partial charge on any atom is 0.452 e. The molecule has 2 aliphatic heterocycles. The van der Waals surface area contributed by atoms with E-state index < -0.39 is 45.9 Å². The number of carboxylic acids is 1. The van der Waals surface area contributed by atoms with Crippen molar-refractivity contribution in [1.29, 1.82) is 0 Å². The number of carbonyl (C=O) groups is 1. The van der Waals surface area contributed by atoms with Crippen LogP contribution in [0.15, 0.2) is 41.6 Å². The third kappa shape index (κ3) is 6.03. The van der Waals surface area contributed by atoms with Gasteiger partial charge in [0.15, 0.2) is 5.65 Å². The van der Waals surface area contributed by atoms with Crippen LogP contribution in [-0.2, 0) is 27.5 Å². The van der Waals surface area contributed by atoms with Gasteiger partial charge in [-0.05, 0) is 74.4 Å². The third-order valence-corrected chi connectivity index (χ3v) is 11.5. The van der Waals surface area contributed by atoms with Gasteiger partial charge < -0.3 is 10.0 Å². The fourth-order valence-corrected chi connectivity index (χ4v) is 9.14. The van der Waals surface area contributed by atoms with Crippen LogP contribution in [0.4, 0.5) is 19.0 Å². The minimum atomic E-state index is -4.74. The lowest BCUT2D eigenvalue weighted by atomic mass is 9.83. The third-order valence-electron chi connectivity index (χ3n) is 9.25. The molecule has 0 amide bonds. The van der Waals surface area contributed by atoms with Crippen molar-refractivity contribution < 1.29 is 31.5 Å². The maximum atomic E-state index is 14.4. The zero-order valence-electron chi connectivity index (χ0n) is 26.0. The van der Waals surface area contributed by atoms with Crippen molar-refractivity contribution in [2.45, 2.75) is 75.0 Å². The number of aryl methyl sites for hydroxylation is 2. The lowest BCUT2D eigenvalue weighted by Gasteiger charge is -2.47. The largest absolute Gasteiger partial charge is 0.481 e. The van der Waals surface area contributed by atoms with E-state index in [0.717, 1.165) is 23.7 Å². The summed E-state index contributed by atoms with van der Waals surface area (Å²) in [5, 5.41) is 17.1. The van der Waals surface area contributed by atoms with E-state index in [0.29, 0.717) is 46.9 Å². The van der Waals surface area contributed by atoms with Gasteiger partial charge in [0.2, 0.25) is 15.8 Å². The summed E-state index contributed by atoms with van der Waals surface area (Å²) in [5.41, 5.74) is 3.32. The number of piperidine rings is 1. The Morgan fingerprint density at radius 2 is 1.98 bits per heavy atom. The number of sulfonamides is 1. The Hall–Kier alpha value is -3.73. The summed E-state index contributed by atoms with van der Waals surface area (Å²) in [6.45, 7) is 3.98. The fraction of sp³-hybridized carbons (Fsp3) is 0.419. The van der Waals surface area contributed by atoms with Crippen LogP contribution in [0.3, 0.4) is 0 Å². The predicted molar refractivity (Wildman–Crippen MR) is 173 cm³/mol. The Labute approximate surface area is 282 Å². The molecule has 11 nitrogen and oxygen atoms in total. The number of fused-ring (bicyclic) bond motifs is 4. The predicted octanol–water partition coefficient (Wildman–Crippen LogP) is 4.71. The number of carboxylic acid groups (broad SMARTS) is 1. The molecule has 1 N–H and O–H groups in total. The molecule has 2 aliphatic rings. The fourth-order valence-electron chi connectivity index (χ4n) is 6.88. The van der Waals surface area contributed by atoms with E-state index in [9.17, 15) is 31.5 Å². The van der Waals surface area contributed by atoms with Crippen LogP contribution in [0.1, 0.15) is 71.9 Å². The molecule has 48 heavy (non-hydrogen) atoms. The Morgan fingerprint density at radius 3 is 2.69 bits per heavy atom. The molecule has 0 unspecified atom stereocenters. The lowest BCUT2D eigenvalue weighted by molar-refractivity contribution is -0.145. The van der Waals surface area contributed by atoms with Crippen LogP contribution >= 0.6 is 11.6 Å². The second-order valence-electron chi connectivity index (χ2n) is 12.3. The van der Waals surface area contributed by atoms with Crippen LogP contribution < -0.4 is 4.90 Å². The van der Waals surface area contributed by atoms with Crippen LogP contribution in [0.2, 0.25) is 5.02 Å². The van der Waals surface area contributed by atoms with Gasteiger partial charge in [-0.3, -0.25) is 14.2 Å². The summed E-state index contributed by atoms with van der Waals surface area (Å²) in [6.07, 6.45) is 0.478. The molecule has 0 aliphatic carbocycles. The molecule has 6 rings (SSSR count). The Kier molecular flexibility index (Phi) is 8.98. The SMILES string of the molecule is Cc1ccc([C@@H](CC(=O)O)c2ccn3c(C(F)(F)F)nnc3c2C)nc1CN1C[C@]2(CC=[Si])CCCCN2c2ncc(Cl)cc2S1(=O)=O. The van der Waals surface area contributed by atoms with Crippen molar-refractivity contribution in [2.24, 2.45) is 0 Å². The van der Waals surface area contributed by atoms with E-state index in [-0.39, 0.29) is 28.7 Å². The van der Waals surface area contributed by atoms with Gasteiger partial charge >= 0.3 is 12.1 Å². The van der Waals surface area contributed by atoms with Gasteiger partial charge in [-0.2, -0.15) is 17.5 Å². The first kappa shape index (κ1) is 34.1. The van der Waals surface area contributed by atoms with Crippen LogP contribution in [0.25, 0.3) is 5.65 Å². The summed E-state index contributed by atoms with van der Waals surface area (Å²) in [6, 6.07) is 6.23. The highest BCUT2D eigenvalue weighted by Gasteiger charge is 2.48. The average molecular weight is 718 g/mol. The molecule has 17 heteroatoms. The highest BCUT2D eigenvalue weighted by atomic mass is 35.5. The van der Waals surface area contributed by atoms with Crippen LogP contribution in [0.5, 0.6) is 0 Å². The first-order chi connectivity index (χ1) is 22.7. The van der Waals surface area contributed by atoms with Crippen molar-refractivity contribution in [3.05, 3.63) is 75.6 Å². The molecule has 6 heterocycles. The van der Waals surface area contributed by atoms with Gasteiger partial charge in [0, 0.05) is 46.9 Å². The summed E-state index contributed by atoms with van der Waals surface area (Å²) in [4.78, 5) is 23.5. The van der Waals surface area contributed by atoms with Gasteiger partial charge in [-0.1, -0.05) is 17.7 Å². The van der Waals surface area contributed by atoms with Crippen molar-refractivity contribution >= 4 is 54.6 Å². The van der Waals surface area contributed by atoms with E-state index >= 15 is 0 Å². The van der Waals surface area contributed by atoms with E-state index in [1.165, 1.54) is 28.8 Å². The normalized spacial score (nSPS) is 20.2. The number of aliphatic carboxylic acids is 1. The van der Waals surface area contributed by atoms with Crippen molar-refractivity contribution in [2.75, 3.05) is 18.0 Å². The average Bonchev–Trinajstić information content (AvgIpc) is 3.45. The second-order valence-corrected chi connectivity index (χ2v) is 15.0. The lowest BCUT2D eigenvalue weighted by Crippen LogP contribution is -2.57. The first-order valence-electron chi connectivity index (χ1n) is 15.2. The summed E-state index contributed by atoms with van der Waals surface area (Å²) in [7, 11) is -0.632. The molecular weight excluding hydrogens is 687 g/mol. The number of nitrogens with zero attached hydrogens (tertiary/aromatic N) is 7. The summed E-state index contributed by atoms with van der Waals surface area (Å²) in [5.74, 6) is -2.88. The molecule has 0 saturated carbocycles. The summed E-state index contributed by atoms with van der Waals surface area (Å²) < 4.78 is 71.5. The van der Waals surface area contributed by atoms with Crippen LogP contribution in [0, 0.1) is 13.8 Å². The number of hydrogen-bond donors (Lipinski definition) is 1.